The topological polar surface area (TPSA) is 53.1 Å². The first-order valence-corrected chi connectivity index (χ1v) is 5.11. The van der Waals surface area contributed by atoms with Crippen LogP contribution in [0.4, 0.5) is 4.39 Å². The average molecular weight is 225 g/mol. The minimum Gasteiger partial charge on any atom is -0.390 e. The van der Waals surface area contributed by atoms with Crippen LogP contribution < -0.4 is 4.87 Å². The summed E-state index contributed by atoms with van der Waals surface area (Å²) in [7, 11) is 0. The monoisotopic (exact) mass is 225 g/mol. The van der Waals surface area contributed by atoms with Gasteiger partial charge in [-0.1, -0.05) is 23.5 Å². The summed E-state index contributed by atoms with van der Waals surface area (Å²) >= 11 is 0.963. The van der Waals surface area contributed by atoms with Gasteiger partial charge in [0, 0.05) is 0 Å². The molecule has 0 amide bonds. The van der Waals surface area contributed by atoms with E-state index in [4.69, 9.17) is 5.11 Å². The van der Waals surface area contributed by atoms with Crippen LogP contribution in [0.5, 0.6) is 0 Å². The van der Waals surface area contributed by atoms with E-state index in [0.717, 1.165) is 11.3 Å². The molecule has 2 aromatic rings. The number of benzene rings is 1. The van der Waals surface area contributed by atoms with Crippen molar-refractivity contribution in [1.82, 2.24) is 4.98 Å². The molecule has 0 aliphatic heterocycles. The fourth-order valence-electron chi connectivity index (χ4n) is 1.33. The predicted octanol–water partition coefficient (Wildman–Crippen LogP) is 1.73. The molecule has 0 aliphatic carbocycles. The third-order valence-electron chi connectivity index (χ3n) is 1.97. The van der Waals surface area contributed by atoms with Crippen LogP contribution in [0.1, 0.15) is 5.69 Å². The van der Waals surface area contributed by atoms with Crippen molar-refractivity contribution in [3.63, 3.8) is 0 Å². The zero-order valence-electron chi connectivity index (χ0n) is 7.66. The van der Waals surface area contributed by atoms with Gasteiger partial charge in [0.25, 0.3) is 0 Å². The Morgan fingerprint density at radius 2 is 2.27 bits per heavy atom. The van der Waals surface area contributed by atoms with Crippen LogP contribution in [-0.2, 0) is 6.61 Å². The predicted molar refractivity (Wildman–Crippen MR) is 56.3 cm³/mol. The lowest BCUT2D eigenvalue weighted by atomic mass is 10.1. The van der Waals surface area contributed by atoms with Gasteiger partial charge >= 0.3 is 4.87 Å². The Kier molecular flexibility index (Phi) is 2.66. The van der Waals surface area contributed by atoms with Gasteiger partial charge in [-0.15, -0.1) is 0 Å². The van der Waals surface area contributed by atoms with Crippen molar-refractivity contribution in [1.29, 1.82) is 0 Å². The van der Waals surface area contributed by atoms with Crippen LogP contribution in [0.15, 0.2) is 29.1 Å². The summed E-state index contributed by atoms with van der Waals surface area (Å²) in [5.41, 5.74) is 1.03. The molecule has 0 saturated carbocycles. The molecule has 0 aliphatic rings. The fourth-order valence-corrected chi connectivity index (χ4v) is 2.18. The molecule has 0 saturated heterocycles. The minimum absolute atomic E-state index is 0.252. The van der Waals surface area contributed by atoms with Crippen molar-refractivity contribution in [2.75, 3.05) is 0 Å². The van der Waals surface area contributed by atoms with Gasteiger partial charge in [0.15, 0.2) is 0 Å². The quantitative estimate of drug-likeness (QED) is 0.817. The molecular weight excluding hydrogens is 217 g/mol. The Balaban J connectivity index is 2.57. The number of H-pyrrole nitrogens is 1. The Labute approximate surface area is 88.8 Å². The van der Waals surface area contributed by atoms with E-state index in [1.54, 1.807) is 12.1 Å². The van der Waals surface area contributed by atoms with Crippen molar-refractivity contribution in [2.45, 2.75) is 6.61 Å². The summed E-state index contributed by atoms with van der Waals surface area (Å²) in [6.45, 7) is -0.259. The first kappa shape index (κ1) is 10.1. The number of aromatic amines is 1. The highest BCUT2D eigenvalue weighted by Crippen LogP contribution is 2.25. The highest BCUT2D eigenvalue weighted by molar-refractivity contribution is 7.13. The standard InChI is InChI=1S/C10H8FNO2S/c11-7-3-1-2-6(4-7)9-8(5-13)12-10(14)15-9/h1-4,13H,5H2,(H,12,14). The molecule has 0 radical (unpaired) electrons. The number of thiazole rings is 1. The molecule has 2 N–H and O–H groups in total. The summed E-state index contributed by atoms with van der Waals surface area (Å²) in [4.78, 5) is 13.9. The normalized spacial score (nSPS) is 10.5. The van der Waals surface area contributed by atoms with Gasteiger partial charge in [-0.05, 0) is 17.7 Å². The van der Waals surface area contributed by atoms with E-state index in [1.807, 2.05) is 0 Å². The molecule has 1 aromatic carbocycles. The lowest BCUT2D eigenvalue weighted by Crippen LogP contribution is -1.94. The van der Waals surface area contributed by atoms with Crippen molar-refractivity contribution in [3.05, 3.63) is 45.4 Å². The van der Waals surface area contributed by atoms with Crippen molar-refractivity contribution >= 4 is 11.3 Å². The van der Waals surface area contributed by atoms with Crippen molar-refractivity contribution < 1.29 is 9.50 Å². The first-order valence-electron chi connectivity index (χ1n) is 4.29. The van der Waals surface area contributed by atoms with Gasteiger partial charge in [-0.25, -0.2) is 4.39 Å². The molecule has 0 bridgehead atoms. The highest BCUT2D eigenvalue weighted by Gasteiger charge is 2.09. The number of rotatable bonds is 2. The van der Waals surface area contributed by atoms with Gasteiger partial charge in [0.2, 0.25) is 0 Å². The molecule has 2 rings (SSSR count). The van der Waals surface area contributed by atoms with Crippen LogP contribution in [0.2, 0.25) is 0 Å². The van der Waals surface area contributed by atoms with Gasteiger partial charge < -0.3 is 10.1 Å². The summed E-state index contributed by atoms with van der Waals surface area (Å²) in [5.74, 6) is -0.364. The van der Waals surface area contributed by atoms with Crippen LogP contribution >= 0.6 is 11.3 Å². The van der Waals surface area contributed by atoms with E-state index in [9.17, 15) is 9.18 Å². The zero-order valence-corrected chi connectivity index (χ0v) is 8.47. The maximum Gasteiger partial charge on any atom is 0.305 e. The van der Waals surface area contributed by atoms with E-state index >= 15 is 0 Å². The Hall–Kier alpha value is -1.46. The Bertz CT molecular complexity index is 532. The van der Waals surface area contributed by atoms with E-state index in [1.165, 1.54) is 12.1 Å². The van der Waals surface area contributed by atoms with E-state index in [-0.39, 0.29) is 17.3 Å². The maximum absolute atomic E-state index is 12.9. The smallest absolute Gasteiger partial charge is 0.305 e. The number of hydrogen-bond acceptors (Lipinski definition) is 3. The molecule has 1 heterocycles. The largest absolute Gasteiger partial charge is 0.390 e. The first-order chi connectivity index (χ1) is 7.20. The molecule has 0 spiro atoms. The average Bonchev–Trinajstić information content (AvgIpc) is 2.59. The number of aromatic nitrogens is 1. The second-order valence-electron chi connectivity index (χ2n) is 2.99. The summed E-state index contributed by atoms with van der Waals surface area (Å²) in [6, 6.07) is 5.92. The SMILES string of the molecule is O=c1[nH]c(CO)c(-c2cccc(F)c2)s1. The molecule has 0 atom stereocenters. The summed E-state index contributed by atoms with van der Waals surface area (Å²) < 4.78 is 12.9. The Morgan fingerprint density at radius 1 is 1.47 bits per heavy atom. The van der Waals surface area contributed by atoms with Gasteiger partial charge in [-0.3, -0.25) is 4.79 Å². The third-order valence-corrected chi connectivity index (χ3v) is 2.94. The van der Waals surface area contributed by atoms with Crippen LogP contribution in [0.25, 0.3) is 10.4 Å². The molecule has 0 unspecified atom stereocenters. The van der Waals surface area contributed by atoms with E-state index < -0.39 is 0 Å². The summed E-state index contributed by atoms with van der Waals surface area (Å²) in [6.07, 6.45) is 0. The zero-order chi connectivity index (χ0) is 10.8. The maximum atomic E-state index is 12.9. The molecule has 1 aromatic heterocycles. The molecule has 78 valence electrons. The number of halogens is 1. The molecular formula is C10H8FNO2S. The lowest BCUT2D eigenvalue weighted by molar-refractivity contribution is 0.278. The highest BCUT2D eigenvalue weighted by atomic mass is 32.1. The molecule has 0 fully saturated rings. The third kappa shape index (κ3) is 1.98. The van der Waals surface area contributed by atoms with E-state index in [0.29, 0.717) is 16.1 Å². The van der Waals surface area contributed by atoms with Gasteiger partial charge in [0.05, 0.1) is 17.2 Å². The van der Waals surface area contributed by atoms with Crippen molar-refractivity contribution in [2.24, 2.45) is 0 Å². The van der Waals surface area contributed by atoms with Crippen LogP contribution in [0.3, 0.4) is 0 Å². The second-order valence-corrected chi connectivity index (χ2v) is 3.97. The number of aliphatic hydroxyl groups is 1. The van der Waals surface area contributed by atoms with Crippen LogP contribution in [-0.4, -0.2) is 10.1 Å². The van der Waals surface area contributed by atoms with Crippen LogP contribution in [0, 0.1) is 5.82 Å². The number of nitrogens with one attached hydrogen (secondary N) is 1. The molecule has 5 heteroatoms. The van der Waals surface area contributed by atoms with Crippen molar-refractivity contribution in [3.8, 4) is 10.4 Å². The molecule has 15 heavy (non-hydrogen) atoms. The number of aliphatic hydroxyl groups excluding tert-OH is 1. The second kappa shape index (κ2) is 3.96. The Morgan fingerprint density at radius 3 is 2.93 bits per heavy atom. The minimum atomic E-state index is -0.364. The lowest BCUT2D eigenvalue weighted by Gasteiger charge is -1.99. The van der Waals surface area contributed by atoms with Gasteiger partial charge in [-0.2, -0.15) is 0 Å². The fraction of sp³-hybridized carbons (Fsp3) is 0.100. The molecule has 3 nitrogen and oxygen atoms in total. The number of hydrogen-bond donors (Lipinski definition) is 2. The van der Waals surface area contributed by atoms with E-state index in [2.05, 4.69) is 4.98 Å². The van der Waals surface area contributed by atoms with Gasteiger partial charge in [0.1, 0.15) is 5.82 Å². The summed E-state index contributed by atoms with van der Waals surface area (Å²) in [5, 5.41) is 9.01.